The normalized spacial score (nSPS) is 26.7. The van der Waals surface area contributed by atoms with Crippen LogP contribution < -0.4 is 9.80 Å². The molecule has 4 amide bonds. The third-order valence-electron chi connectivity index (χ3n) is 12.1. The van der Waals surface area contributed by atoms with Gasteiger partial charge in [-0.3, -0.25) is 23.9 Å². The molecule has 268 valence electrons. The van der Waals surface area contributed by atoms with Crippen LogP contribution in [-0.4, -0.2) is 38.5 Å². The SMILES string of the molecule is Cc1ccc(N2C(=O)C3CC=C4C(CC5C(=O)N(c6cc(-c7sc8ccc(Cl)cc8c7C)nn6C)C(=O)C5(C)C4c4ccc(O)cc4)C3C2=O)cc1Cl. The Morgan fingerprint density at radius 3 is 2.38 bits per heavy atom. The minimum atomic E-state index is -1.23. The summed E-state index contributed by atoms with van der Waals surface area (Å²) in [5, 5.41) is 17.1. The van der Waals surface area contributed by atoms with Crippen LogP contribution in [0.3, 0.4) is 0 Å². The van der Waals surface area contributed by atoms with Crippen LogP contribution in [0.1, 0.15) is 42.4 Å². The number of imide groups is 2. The number of carbonyl (C=O) groups excluding carboxylic acids is 4. The lowest BCUT2D eigenvalue weighted by Gasteiger charge is -2.49. The molecule has 2 aliphatic heterocycles. The molecule has 9 nitrogen and oxygen atoms in total. The number of benzene rings is 3. The third kappa shape index (κ3) is 4.78. The summed E-state index contributed by atoms with van der Waals surface area (Å²) in [5.74, 6) is -4.10. The van der Waals surface area contributed by atoms with E-state index in [0.717, 1.165) is 37.2 Å². The predicted octanol–water partition coefficient (Wildman–Crippen LogP) is 8.37. The Balaban J connectivity index is 1.14. The highest BCUT2D eigenvalue weighted by Gasteiger charge is 2.68. The van der Waals surface area contributed by atoms with Gasteiger partial charge >= 0.3 is 0 Å². The van der Waals surface area contributed by atoms with Gasteiger partial charge in [0, 0.05) is 33.8 Å². The van der Waals surface area contributed by atoms with Gasteiger partial charge in [0.2, 0.25) is 23.6 Å². The summed E-state index contributed by atoms with van der Waals surface area (Å²) in [5.41, 5.74) is 3.28. The van der Waals surface area contributed by atoms with Gasteiger partial charge in [-0.1, -0.05) is 53.1 Å². The van der Waals surface area contributed by atoms with Gasteiger partial charge in [-0.05, 0) is 104 Å². The second kappa shape index (κ2) is 11.9. The average molecular weight is 766 g/mol. The maximum atomic E-state index is 15.0. The Hall–Kier alpha value is -4.77. The van der Waals surface area contributed by atoms with Gasteiger partial charge in [-0.25, -0.2) is 9.80 Å². The average Bonchev–Trinajstić information content (AvgIpc) is 3.80. The molecule has 1 N–H and O–H groups in total. The molecule has 3 fully saturated rings. The molecule has 0 radical (unpaired) electrons. The summed E-state index contributed by atoms with van der Waals surface area (Å²) >= 11 is 14.3. The van der Waals surface area contributed by atoms with E-state index in [1.165, 1.54) is 9.80 Å². The third-order valence-corrected chi connectivity index (χ3v) is 14.1. The summed E-state index contributed by atoms with van der Waals surface area (Å²) in [6.07, 6.45) is 2.56. The minimum Gasteiger partial charge on any atom is -0.508 e. The maximum absolute atomic E-state index is 15.0. The van der Waals surface area contributed by atoms with Gasteiger partial charge in [0.1, 0.15) is 17.3 Å². The van der Waals surface area contributed by atoms with Crippen LogP contribution in [0.2, 0.25) is 10.0 Å². The summed E-state index contributed by atoms with van der Waals surface area (Å²) in [7, 11) is 1.72. The van der Waals surface area contributed by atoms with Crippen molar-refractivity contribution in [2.45, 2.75) is 39.5 Å². The van der Waals surface area contributed by atoms with Crippen molar-refractivity contribution in [2.24, 2.45) is 36.1 Å². The molecule has 12 heteroatoms. The topological polar surface area (TPSA) is 113 Å². The molecule has 0 spiro atoms. The standard InChI is InChI=1S/C41H34Cl2N4O5S/c1-19-5-9-23(16-30(19)43)46-37(49)26-13-12-25-28(34(26)39(46)51)17-29-38(50)47(40(52)41(29,3)35(25)21-6-10-24(48)11-7-21)33-18-31(44-45(33)4)36-20(2)27-15-22(42)8-14-32(27)53-36/h5-12,14-16,18,26,28-29,34-35,48H,13,17H2,1-4H3. The Morgan fingerprint density at radius 2 is 1.64 bits per heavy atom. The number of rotatable bonds is 4. The zero-order valence-corrected chi connectivity index (χ0v) is 31.6. The molecule has 6 atom stereocenters. The number of aromatic hydroxyl groups is 1. The van der Waals surface area contributed by atoms with Crippen LogP contribution in [0.25, 0.3) is 20.7 Å². The molecule has 4 heterocycles. The second-order valence-corrected chi connectivity index (χ2v) is 16.8. The summed E-state index contributed by atoms with van der Waals surface area (Å²) < 4.78 is 2.63. The maximum Gasteiger partial charge on any atom is 0.242 e. The summed E-state index contributed by atoms with van der Waals surface area (Å²) in [4.78, 5) is 61.6. The summed E-state index contributed by atoms with van der Waals surface area (Å²) in [6, 6.07) is 19.4. The number of halogens is 2. The highest BCUT2D eigenvalue weighted by Crippen LogP contribution is 2.64. The number of thiophene rings is 1. The molecule has 4 aliphatic rings. The zero-order chi connectivity index (χ0) is 37.2. The van der Waals surface area contributed by atoms with Crippen molar-refractivity contribution >= 4 is 79.8 Å². The van der Waals surface area contributed by atoms with E-state index in [9.17, 15) is 19.5 Å². The number of carbonyl (C=O) groups is 4. The number of aryl methyl sites for hydroxylation is 3. The first-order chi connectivity index (χ1) is 25.3. The van der Waals surface area contributed by atoms with Gasteiger partial charge in [0.25, 0.3) is 0 Å². The van der Waals surface area contributed by atoms with E-state index in [0.29, 0.717) is 33.7 Å². The van der Waals surface area contributed by atoms with Crippen molar-refractivity contribution in [3.05, 3.63) is 105 Å². The molecule has 53 heavy (non-hydrogen) atoms. The van der Waals surface area contributed by atoms with E-state index in [2.05, 4.69) is 0 Å². The van der Waals surface area contributed by atoms with Crippen LogP contribution in [0, 0.1) is 42.9 Å². The Bertz CT molecular complexity index is 2490. The molecule has 2 saturated heterocycles. The zero-order valence-electron chi connectivity index (χ0n) is 29.3. The lowest BCUT2D eigenvalue weighted by molar-refractivity contribution is -0.131. The van der Waals surface area contributed by atoms with E-state index >= 15 is 4.79 Å². The molecule has 2 aromatic heterocycles. The molecule has 5 aromatic rings. The van der Waals surface area contributed by atoms with Crippen molar-refractivity contribution in [1.82, 2.24) is 9.78 Å². The summed E-state index contributed by atoms with van der Waals surface area (Å²) in [6.45, 7) is 5.71. The molecule has 9 rings (SSSR count). The second-order valence-electron chi connectivity index (χ2n) is 14.9. The monoisotopic (exact) mass is 764 g/mol. The van der Waals surface area contributed by atoms with Crippen molar-refractivity contribution in [3.63, 3.8) is 0 Å². The lowest BCUT2D eigenvalue weighted by Crippen LogP contribution is -2.48. The van der Waals surface area contributed by atoms with Crippen LogP contribution in [0.5, 0.6) is 5.75 Å². The number of aromatic nitrogens is 2. The van der Waals surface area contributed by atoms with Crippen LogP contribution in [-0.2, 0) is 26.2 Å². The van der Waals surface area contributed by atoms with E-state index in [-0.39, 0.29) is 35.8 Å². The number of anilines is 2. The Kier molecular flexibility index (Phi) is 7.62. The van der Waals surface area contributed by atoms with Crippen molar-refractivity contribution in [2.75, 3.05) is 9.80 Å². The number of hydrogen-bond acceptors (Lipinski definition) is 7. The Morgan fingerprint density at radius 1 is 0.887 bits per heavy atom. The largest absolute Gasteiger partial charge is 0.508 e. The van der Waals surface area contributed by atoms with Gasteiger partial charge < -0.3 is 5.11 Å². The number of fused-ring (bicyclic) bond motifs is 5. The first-order valence-corrected chi connectivity index (χ1v) is 19.1. The fourth-order valence-electron chi connectivity index (χ4n) is 9.47. The molecule has 2 aliphatic carbocycles. The molecule has 0 bridgehead atoms. The van der Waals surface area contributed by atoms with Crippen molar-refractivity contribution in [3.8, 4) is 16.3 Å². The van der Waals surface area contributed by atoms with E-state index in [1.54, 1.807) is 71.6 Å². The van der Waals surface area contributed by atoms with Crippen molar-refractivity contribution < 1.29 is 24.3 Å². The number of allylic oxidation sites excluding steroid dienone is 2. The smallest absolute Gasteiger partial charge is 0.242 e. The van der Waals surface area contributed by atoms with Crippen LogP contribution >= 0.6 is 34.5 Å². The van der Waals surface area contributed by atoms with Gasteiger partial charge in [-0.15, -0.1) is 11.3 Å². The van der Waals surface area contributed by atoms with E-state index < -0.39 is 35.0 Å². The van der Waals surface area contributed by atoms with Gasteiger partial charge in [-0.2, -0.15) is 5.10 Å². The van der Waals surface area contributed by atoms with Crippen LogP contribution in [0.4, 0.5) is 11.5 Å². The van der Waals surface area contributed by atoms with E-state index in [4.69, 9.17) is 28.3 Å². The van der Waals surface area contributed by atoms with Crippen molar-refractivity contribution in [1.29, 1.82) is 0 Å². The fraction of sp³-hybridized carbons (Fsp3) is 0.293. The highest BCUT2D eigenvalue weighted by molar-refractivity contribution is 7.22. The number of phenolic OH excluding ortho intramolecular Hbond substituents is 1. The number of nitrogens with zero attached hydrogens (tertiary/aromatic N) is 4. The number of amides is 4. The quantitative estimate of drug-likeness (QED) is 0.145. The van der Waals surface area contributed by atoms with Gasteiger partial charge in [0.15, 0.2) is 0 Å². The van der Waals surface area contributed by atoms with Gasteiger partial charge in [0.05, 0.1) is 33.7 Å². The predicted molar refractivity (Wildman–Crippen MR) is 205 cm³/mol. The van der Waals surface area contributed by atoms with E-state index in [1.807, 2.05) is 45.0 Å². The molecule has 1 saturated carbocycles. The fourth-order valence-corrected chi connectivity index (χ4v) is 11.0. The first-order valence-electron chi connectivity index (χ1n) is 17.5. The number of phenols is 1. The Labute approximate surface area is 319 Å². The minimum absolute atomic E-state index is 0.0705. The lowest BCUT2D eigenvalue weighted by atomic mass is 9.51. The molecule has 6 unspecified atom stereocenters. The highest BCUT2D eigenvalue weighted by atomic mass is 35.5. The molecular weight excluding hydrogens is 731 g/mol. The number of hydrogen-bond donors (Lipinski definition) is 1. The molecular formula is C41H34Cl2N4O5S. The molecule has 3 aromatic carbocycles. The first kappa shape index (κ1) is 34.0. The van der Waals surface area contributed by atoms with Crippen LogP contribution in [0.15, 0.2) is 78.4 Å².